The number of hydrogen-bond acceptors (Lipinski definition) is 7. The van der Waals surface area contributed by atoms with Gasteiger partial charge in [0.05, 0.1) is 21.3 Å². The highest BCUT2D eigenvalue weighted by Gasteiger charge is 2.28. The van der Waals surface area contributed by atoms with Crippen molar-refractivity contribution in [3.63, 3.8) is 0 Å². The zero-order valence-corrected chi connectivity index (χ0v) is 17.5. The lowest BCUT2D eigenvalue weighted by molar-refractivity contribution is 0.0729. The Morgan fingerprint density at radius 3 is 2.87 bits per heavy atom. The van der Waals surface area contributed by atoms with Crippen LogP contribution in [-0.4, -0.2) is 21.2 Å². The number of hydrogen-bond donors (Lipinski definition) is 0. The predicted octanol–water partition coefficient (Wildman–Crippen LogP) is 5.94. The van der Waals surface area contributed by atoms with E-state index in [2.05, 4.69) is 21.2 Å². The van der Waals surface area contributed by atoms with E-state index in [1.165, 1.54) is 17.4 Å². The van der Waals surface area contributed by atoms with Crippen LogP contribution >= 0.6 is 22.9 Å². The molecule has 2 heterocycles. The van der Waals surface area contributed by atoms with E-state index in [0.717, 1.165) is 39.9 Å². The predicted molar refractivity (Wildman–Crippen MR) is 115 cm³/mol. The summed E-state index contributed by atoms with van der Waals surface area (Å²) in [5, 5.41) is 8.00. The maximum Gasteiger partial charge on any atom is 0.343 e. The van der Waals surface area contributed by atoms with Gasteiger partial charge in [-0.25, -0.2) is 9.78 Å². The number of carbonyl (C=O) groups excluding carboxylic acids is 1. The van der Waals surface area contributed by atoms with Gasteiger partial charge >= 0.3 is 5.97 Å². The van der Waals surface area contributed by atoms with Crippen molar-refractivity contribution < 1.29 is 14.3 Å². The number of aryl methyl sites for hydroxylation is 1. The normalized spacial score (nSPS) is 13.4. The Hall–Kier alpha value is -3.03. The number of thiazole rings is 1. The molecule has 0 amide bonds. The van der Waals surface area contributed by atoms with Crippen LogP contribution in [0.15, 0.2) is 48.0 Å². The van der Waals surface area contributed by atoms with Crippen molar-refractivity contribution in [2.24, 2.45) is 0 Å². The standard InChI is InChI=1S/C22H16ClN3O3S/c1-12-3-2-4-15(13-5-6-13)20(12)29-21-17(10-19(23)25-26-21)28-22(27)14-7-8-16-18(9-14)30-11-24-16/h2-4,7-11,13H,5-6H2,1H3. The number of aromatic nitrogens is 3. The first-order valence-corrected chi connectivity index (χ1v) is 10.7. The van der Waals surface area contributed by atoms with Gasteiger partial charge in [-0.2, -0.15) is 0 Å². The van der Waals surface area contributed by atoms with Gasteiger partial charge in [-0.1, -0.05) is 29.8 Å². The number of carbonyl (C=O) groups is 1. The second-order valence-electron chi connectivity index (χ2n) is 7.13. The Kier molecular flexibility index (Phi) is 4.84. The second-order valence-corrected chi connectivity index (χ2v) is 8.40. The van der Waals surface area contributed by atoms with E-state index in [0.29, 0.717) is 11.5 Å². The first-order chi connectivity index (χ1) is 14.6. The molecule has 0 saturated heterocycles. The molecule has 0 spiro atoms. The van der Waals surface area contributed by atoms with E-state index in [1.807, 2.05) is 19.1 Å². The smallest absolute Gasteiger partial charge is 0.343 e. The topological polar surface area (TPSA) is 74.2 Å². The molecule has 2 aromatic heterocycles. The zero-order chi connectivity index (χ0) is 20.7. The largest absolute Gasteiger partial charge is 0.434 e. The van der Waals surface area contributed by atoms with Gasteiger partial charge in [0.25, 0.3) is 5.88 Å². The summed E-state index contributed by atoms with van der Waals surface area (Å²) in [6.07, 6.45) is 2.27. The molecule has 1 fully saturated rings. The van der Waals surface area contributed by atoms with Gasteiger partial charge in [0.2, 0.25) is 0 Å². The highest BCUT2D eigenvalue weighted by molar-refractivity contribution is 7.16. The van der Waals surface area contributed by atoms with Gasteiger partial charge in [-0.05, 0) is 55.0 Å². The molecule has 8 heteroatoms. The maximum absolute atomic E-state index is 12.8. The Morgan fingerprint density at radius 1 is 1.17 bits per heavy atom. The van der Waals surface area contributed by atoms with Gasteiger partial charge in [-0.15, -0.1) is 21.5 Å². The van der Waals surface area contributed by atoms with Crippen LogP contribution in [0.4, 0.5) is 0 Å². The number of benzene rings is 2. The van der Waals surface area contributed by atoms with E-state index < -0.39 is 5.97 Å². The summed E-state index contributed by atoms with van der Waals surface area (Å²) in [6.45, 7) is 1.97. The Bertz CT molecular complexity index is 1270. The quantitative estimate of drug-likeness (QED) is 0.360. The van der Waals surface area contributed by atoms with Crippen LogP contribution in [-0.2, 0) is 0 Å². The SMILES string of the molecule is Cc1cccc(C2CC2)c1Oc1nnc(Cl)cc1OC(=O)c1ccc2ncsc2c1. The first kappa shape index (κ1) is 19.0. The lowest BCUT2D eigenvalue weighted by Gasteiger charge is -2.14. The molecule has 1 aliphatic carbocycles. The van der Waals surface area contributed by atoms with Crippen molar-refractivity contribution >= 4 is 39.1 Å². The van der Waals surface area contributed by atoms with Crippen molar-refractivity contribution in [3.8, 4) is 17.4 Å². The summed E-state index contributed by atoms with van der Waals surface area (Å²) >= 11 is 7.47. The Labute approximate surface area is 181 Å². The first-order valence-electron chi connectivity index (χ1n) is 9.44. The van der Waals surface area contributed by atoms with Crippen LogP contribution < -0.4 is 9.47 Å². The summed E-state index contributed by atoms with van der Waals surface area (Å²) in [5.74, 6) is 0.890. The highest BCUT2D eigenvalue weighted by Crippen LogP contribution is 2.46. The molecule has 0 bridgehead atoms. The van der Waals surface area contributed by atoms with Crippen molar-refractivity contribution in [2.75, 3.05) is 0 Å². The molecule has 6 nitrogen and oxygen atoms in total. The van der Waals surface area contributed by atoms with Crippen molar-refractivity contribution in [2.45, 2.75) is 25.7 Å². The van der Waals surface area contributed by atoms with Crippen LogP contribution in [0.25, 0.3) is 10.2 Å². The van der Waals surface area contributed by atoms with Crippen LogP contribution in [0.1, 0.15) is 40.2 Å². The number of rotatable bonds is 5. The molecule has 4 aromatic rings. The van der Waals surface area contributed by atoms with Gasteiger partial charge < -0.3 is 9.47 Å². The lowest BCUT2D eigenvalue weighted by atomic mass is 10.1. The number of nitrogens with zero attached hydrogens (tertiary/aromatic N) is 3. The molecule has 0 N–H and O–H groups in total. The van der Waals surface area contributed by atoms with Gasteiger partial charge in [0.1, 0.15) is 5.75 Å². The third-order valence-corrected chi connectivity index (χ3v) is 5.90. The van der Waals surface area contributed by atoms with E-state index in [1.54, 1.807) is 23.7 Å². The summed E-state index contributed by atoms with van der Waals surface area (Å²) in [6, 6.07) is 12.7. The molecule has 0 atom stereocenters. The van der Waals surface area contributed by atoms with E-state index >= 15 is 0 Å². The summed E-state index contributed by atoms with van der Waals surface area (Å²) in [5.41, 5.74) is 5.07. The summed E-state index contributed by atoms with van der Waals surface area (Å²) in [7, 11) is 0. The molecule has 1 aliphatic rings. The van der Waals surface area contributed by atoms with E-state index in [9.17, 15) is 4.79 Å². The van der Waals surface area contributed by atoms with Gasteiger partial charge in [0, 0.05) is 6.07 Å². The summed E-state index contributed by atoms with van der Waals surface area (Å²) < 4.78 is 12.6. The highest BCUT2D eigenvalue weighted by atomic mass is 35.5. The fraction of sp³-hybridized carbons (Fsp3) is 0.182. The van der Waals surface area contributed by atoms with Crippen LogP contribution in [0.3, 0.4) is 0 Å². The second kappa shape index (κ2) is 7.66. The minimum atomic E-state index is -0.536. The fourth-order valence-corrected chi connectivity index (χ4v) is 4.11. The Balaban J connectivity index is 1.46. The van der Waals surface area contributed by atoms with Crippen LogP contribution in [0.5, 0.6) is 17.4 Å². The van der Waals surface area contributed by atoms with Crippen molar-refractivity contribution in [3.05, 3.63) is 69.8 Å². The molecule has 0 aliphatic heterocycles. The third-order valence-electron chi connectivity index (χ3n) is 4.93. The summed E-state index contributed by atoms with van der Waals surface area (Å²) in [4.78, 5) is 17.0. The average molecular weight is 438 g/mol. The Morgan fingerprint density at radius 2 is 2.03 bits per heavy atom. The number of esters is 1. The molecule has 1 saturated carbocycles. The zero-order valence-electron chi connectivity index (χ0n) is 16.0. The third kappa shape index (κ3) is 3.74. The molecule has 0 unspecified atom stereocenters. The fourth-order valence-electron chi connectivity index (χ4n) is 3.25. The molecule has 150 valence electrons. The van der Waals surface area contributed by atoms with Gasteiger partial charge in [0.15, 0.2) is 10.9 Å². The van der Waals surface area contributed by atoms with Crippen LogP contribution in [0, 0.1) is 6.92 Å². The van der Waals surface area contributed by atoms with Crippen LogP contribution in [0.2, 0.25) is 5.15 Å². The average Bonchev–Trinajstić information content (AvgIpc) is 3.47. The monoisotopic (exact) mass is 437 g/mol. The van der Waals surface area contributed by atoms with Crippen molar-refractivity contribution in [1.82, 2.24) is 15.2 Å². The number of para-hydroxylation sites is 1. The maximum atomic E-state index is 12.8. The van der Waals surface area contributed by atoms with E-state index in [-0.39, 0.29) is 16.8 Å². The van der Waals surface area contributed by atoms with Gasteiger partial charge in [-0.3, -0.25) is 0 Å². The molecule has 2 aromatic carbocycles. The lowest BCUT2D eigenvalue weighted by Crippen LogP contribution is -2.10. The van der Waals surface area contributed by atoms with E-state index in [4.69, 9.17) is 21.1 Å². The number of fused-ring (bicyclic) bond motifs is 1. The van der Waals surface area contributed by atoms with Crippen molar-refractivity contribution in [1.29, 1.82) is 0 Å². The molecule has 0 radical (unpaired) electrons. The minimum Gasteiger partial charge on any atom is -0.434 e. The molecule has 5 rings (SSSR count). The number of halogens is 1. The minimum absolute atomic E-state index is 0.0998. The molecule has 30 heavy (non-hydrogen) atoms. The molecular formula is C22H16ClN3O3S. The molecular weight excluding hydrogens is 422 g/mol. The number of ether oxygens (including phenoxy) is 2.